The Kier molecular flexibility index (Phi) is 2.57. The Hall–Kier alpha value is -1.35. The number of hydrogen-bond acceptors (Lipinski definition) is 3. The van der Waals surface area contributed by atoms with E-state index >= 15 is 0 Å². The van der Waals surface area contributed by atoms with Crippen LogP contribution in [-0.2, 0) is 6.54 Å². The summed E-state index contributed by atoms with van der Waals surface area (Å²) in [6.07, 6.45) is 3.53. The lowest BCUT2D eigenvalue weighted by Gasteiger charge is -1.86. The smallest absolute Gasteiger partial charge is 0.125 e. The second-order valence-electron chi connectivity index (χ2n) is 2.56. The predicted molar refractivity (Wildman–Crippen MR) is 54.3 cm³/mol. The van der Waals surface area contributed by atoms with Crippen molar-refractivity contribution >= 4 is 17.6 Å². The van der Waals surface area contributed by atoms with Crippen molar-refractivity contribution in [3.05, 3.63) is 46.5 Å². The van der Waals surface area contributed by atoms with Gasteiger partial charge in [0.05, 0.1) is 12.8 Å². The van der Waals surface area contributed by atoms with Crippen molar-refractivity contribution in [2.45, 2.75) is 6.54 Å². The lowest BCUT2D eigenvalue weighted by Crippen LogP contribution is -1.77. The Morgan fingerprint density at radius 3 is 3.08 bits per heavy atom. The van der Waals surface area contributed by atoms with E-state index in [0.29, 0.717) is 6.54 Å². The van der Waals surface area contributed by atoms with Gasteiger partial charge in [-0.2, -0.15) is 0 Å². The molecule has 0 aliphatic carbocycles. The standard InChI is InChI=1S/C10H9NOS/c1-3-9(12-5-1)7-11-8-10-4-2-6-13-10/h1-6,8H,7H2. The van der Waals surface area contributed by atoms with Crippen LogP contribution >= 0.6 is 11.3 Å². The van der Waals surface area contributed by atoms with Gasteiger partial charge in [0.15, 0.2) is 0 Å². The van der Waals surface area contributed by atoms with E-state index in [1.54, 1.807) is 17.6 Å². The fraction of sp³-hybridized carbons (Fsp3) is 0.100. The summed E-state index contributed by atoms with van der Waals surface area (Å²) in [5.74, 6) is 0.896. The van der Waals surface area contributed by atoms with Crippen molar-refractivity contribution in [3.63, 3.8) is 0 Å². The molecule has 0 aliphatic rings. The van der Waals surface area contributed by atoms with Crippen LogP contribution in [0.15, 0.2) is 45.3 Å². The van der Waals surface area contributed by atoms with Crippen molar-refractivity contribution in [1.29, 1.82) is 0 Å². The van der Waals surface area contributed by atoms with Crippen molar-refractivity contribution in [1.82, 2.24) is 0 Å². The van der Waals surface area contributed by atoms with E-state index in [1.807, 2.05) is 35.9 Å². The summed E-state index contributed by atoms with van der Waals surface area (Å²) in [6.45, 7) is 0.616. The first-order valence-electron chi connectivity index (χ1n) is 4.01. The zero-order valence-electron chi connectivity index (χ0n) is 7.01. The Morgan fingerprint density at radius 2 is 2.38 bits per heavy atom. The molecule has 0 aromatic carbocycles. The highest BCUT2D eigenvalue weighted by molar-refractivity contribution is 7.11. The summed E-state index contributed by atoms with van der Waals surface area (Å²) in [5.41, 5.74) is 0. The van der Waals surface area contributed by atoms with Gasteiger partial charge >= 0.3 is 0 Å². The number of furan rings is 1. The topological polar surface area (TPSA) is 25.5 Å². The van der Waals surface area contributed by atoms with Crippen LogP contribution in [0.3, 0.4) is 0 Å². The zero-order chi connectivity index (χ0) is 8.93. The first-order chi connectivity index (χ1) is 6.45. The van der Waals surface area contributed by atoms with E-state index in [1.165, 1.54) is 4.88 Å². The van der Waals surface area contributed by atoms with E-state index < -0.39 is 0 Å². The first kappa shape index (κ1) is 8.26. The van der Waals surface area contributed by atoms with E-state index in [9.17, 15) is 0 Å². The minimum absolute atomic E-state index is 0.616. The van der Waals surface area contributed by atoms with E-state index in [2.05, 4.69) is 4.99 Å². The first-order valence-corrected chi connectivity index (χ1v) is 4.89. The molecule has 0 spiro atoms. The van der Waals surface area contributed by atoms with Gasteiger partial charge in [-0.25, -0.2) is 0 Å². The quantitative estimate of drug-likeness (QED) is 0.685. The molecular formula is C10H9NOS. The third-order valence-corrected chi connectivity index (χ3v) is 2.40. The number of thiophene rings is 1. The largest absolute Gasteiger partial charge is 0.467 e. The average Bonchev–Trinajstić information content (AvgIpc) is 2.75. The maximum Gasteiger partial charge on any atom is 0.125 e. The van der Waals surface area contributed by atoms with Gasteiger partial charge in [0.25, 0.3) is 0 Å². The lowest BCUT2D eigenvalue weighted by molar-refractivity contribution is 0.513. The SMILES string of the molecule is C(=NCc1ccco1)c1cccs1. The van der Waals surface area contributed by atoms with E-state index in [-0.39, 0.29) is 0 Å². The molecule has 0 amide bonds. The Labute approximate surface area is 80.5 Å². The number of nitrogens with zero attached hydrogens (tertiary/aromatic N) is 1. The summed E-state index contributed by atoms with van der Waals surface area (Å²) in [5, 5.41) is 2.04. The van der Waals surface area contributed by atoms with Crippen LogP contribution in [0.25, 0.3) is 0 Å². The third-order valence-electron chi connectivity index (χ3n) is 1.59. The number of rotatable bonds is 3. The fourth-order valence-corrected chi connectivity index (χ4v) is 1.60. The van der Waals surface area contributed by atoms with Gasteiger partial charge in [-0.3, -0.25) is 4.99 Å². The van der Waals surface area contributed by atoms with Crippen LogP contribution < -0.4 is 0 Å². The second kappa shape index (κ2) is 4.05. The summed E-state index contributed by atoms with van der Waals surface area (Å²) in [6, 6.07) is 7.84. The van der Waals surface area contributed by atoms with Crippen LogP contribution in [0.2, 0.25) is 0 Å². The average molecular weight is 191 g/mol. The molecule has 3 heteroatoms. The molecule has 0 unspecified atom stereocenters. The maximum atomic E-state index is 5.14. The molecule has 0 saturated carbocycles. The molecule has 0 N–H and O–H groups in total. The lowest BCUT2D eigenvalue weighted by atomic mass is 10.4. The fourth-order valence-electron chi connectivity index (χ4n) is 0.993. The highest BCUT2D eigenvalue weighted by atomic mass is 32.1. The molecule has 0 radical (unpaired) electrons. The zero-order valence-corrected chi connectivity index (χ0v) is 7.83. The molecule has 66 valence electrons. The molecule has 0 bridgehead atoms. The Morgan fingerprint density at radius 1 is 1.38 bits per heavy atom. The van der Waals surface area contributed by atoms with Crippen LogP contribution in [0.5, 0.6) is 0 Å². The van der Waals surface area contributed by atoms with E-state index in [0.717, 1.165) is 5.76 Å². The maximum absolute atomic E-state index is 5.14. The molecule has 0 saturated heterocycles. The van der Waals surface area contributed by atoms with Gasteiger partial charge in [-0.05, 0) is 23.6 Å². The third kappa shape index (κ3) is 2.29. The molecule has 2 aromatic heterocycles. The van der Waals surface area contributed by atoms with Gasteiger partial charge in [0, 0.05) is 11.1 Å². The summed E-state index contributed by atoms with van der Waals surface area (Å²) in [7, 11) is 0. The molecular weight excluding hydrogens is 182 g/mol. The molecule has 0 aliphatic heterocycles. The van der Waals surface area contributed by atoms with E-state index in [4.69, 9.17) is 4.42 Å². The van der Waals surface area contributed by atoms with Gasteiger partial charge < -0.3 is 4.42 Å². The van der Waals surface area contributed by atoms with Gasteiger partial charge in [-0.1, -0.05) is 6.07 Å². The van der Waals surface area contributed by atoms with Crippen molar-refractivity contribution in [3.8, 4) is 0 Å². The second-order valence-corrected chi connectivity index (χ2v) is 3.54. The van der Waals surface area contributed by atoms with Crippen LogP contribution in [0.4, 0.5) is 0 Å². The monoisotopic (exact) mass is 191 g/mol. The number of hydrogen-bond donors (Lipinski definition) is 0. The molecule has 0 atom stereocenters. The Bertz CT molecular complexity index is 362. The highest BCUT2D eigenvalue weighted by Gasteiger charge is 1.91. The molecule has 2 rings (SSSR count). The molecule has 2 aromatic rings. The van der Waals surface area contributed by atoms with Crippen LogP contribution in [0, 0.1) is 0 Å². The van der Waals surface area contributed by atoms with Gasteiger partial charge in [0.1, 0.15) is 5.76 Å². The van der Waals surface area contributed by atoms with Gasteiger partial charge in [-0.15, -0.1) is 11.3 Å². The molecule has 13 heavy (non-hydrogen) atoms. The molecule has 0 fully saturated rings. The minimum Gasteiger partial charge on any atom is -0.467 e. The van der Waals surface area contributed by atoms with Crippen molar-refractivity contribution in [2.75, 3.05) is 0 Å². The molecule has 2 heterocycles. The van der Waals surface area contributed by atoms with Crippen LogP contribution in [0.1, 0.15) is 10.6 Å². The number of aliphatic imine (C=N–C) groups is 1. The normalized spacial score (nSPS) is 11.1. The summed E-state index contributed by atoms with van der Waals surface area (Å²) >= 11 is 1.68. The Balaban J connectivity index is 1.93. The highest BCUT2D eigenvalue weighted by Crippen LogP contribution is 2.06. The summed E-state index contributed by atoms with van der Waals surface area (Å²) < 4.78 is 5.14. The molecule has 2 nitrogen and oxygen atoms in total. The minimum atomic E-state index is 0.616. The predicted octanol–water partition coefficient (Wildman–Crippen LogP) is 2.96. The van der Waals surface area contributed by atoms with Crippen molar-refractivity contribution in [2.24, 2.45) is 4.99 Å². The van der Waals surface area contributed by atoms with Gasteiger partial charge in [0.2, 0.25) is 0 Å². The van der Waals surface area contributed by atoms with Crippen LogP contribution in [-0.4, -0.2) is 6.21 Å². The summed E-state index contributed by atoms with van der Waals surface area (Å²) in [4.78, 5) is 5.42. The van der Waals surface area contributed by atoms with Crippen molar-refractivity contribution < 1.29 is 4.42 Å².